The molecule has 0 spiro atoms. The molecular weight excluding hydrogens is 677 g/mol. The van der Waals surface area contributed by atoms with Crippen LogP contribution in [0.15, 0.2) is 117 Å². The van der Waals surface area contributed by atoms with Crippen LogP contribution in [-0.4, -0.2) is 26.7 Å². The largest absolute Gasteiger partial charge is 0.490 e. The zero-order valence-electron chi connectivity index (χ0n) is 29.8. The van der Waals surface area contributed by atoms with E-state index in [0.717, 1.165) is 76.0 Å². The van der Waals surface area contributed by atoms with Gasteiger partial charge in [0.1, 0.15) is 17.2 Å². The van der Waals surface area contributed by atoms with Gasteiger partial charge in [-0.2, -0.15) is 8.42 Å². The predicted molar refractivity (Wildman–Crippen MR) is 204 cm³/mol. The molecule has 0 saturated heterocycles. The monoisotopic (exact) mass is 728 g/mol. The van der Waals surface area contributed by atoms with Gasteiger partial charge in [-0.3, -0.25) is 0 Å². The molecule has 0 aliphatic heterocycles. The summed E-state index contributed by atoms with van der Waals surface area (Å²) in [4.78, 5) is 2.40. The van der Waals surface area contributed by atoms with E-state index in [9.17, 15) is 8.42 Å². The summed E-state index contributed by atoms with van der Waals surface area (Å²) in [7, 11) is -7.09. The van der Waals surface area contributed by atoms with Crippen molar-refractivity contribution >= 4 is 20.4 Å². The number of hydrogen-bond donors (Lipinski definition) is 0. The van der Waals surface area contributed by atoms with Gasteiger partial charge in [-0.15, -0.1) is 0 Å². The fourth-order valence-corrected chi connectivity index (χ4v) is 12.8. The summed E-state index contributed by atoms with van der Waals surface area (Å²) in [5, 5.41) is 0. The second-order valence-electron chi connectivity index (χ2n) is 14.4. The average Bonchev–Trinajstić information content (AvgIpc) is 3.16. The highest BCUT2D eigenvalue weighted by atomic mass is 32.3. The first-order valence-corrected chi connectivity index (χ1v) is 22.0. The van der Waals surface area contributed by atoms with E-state index in [4.69, 9.17) is 17.8 Å². The molecule has 51 heavy (non-hydrogen) atoms. The van der Waals surface area contributed by atoms with Crippen molar-refractivity contribution in [2.45, 2.75) is 141 Å². The van der Waals surface area contributed by atoms with Gasteiger partial charge in [0.15, 0.2) is 0 Å². The van der Waals surface area contributed by atoms with E-state index in [1.165, 1.54) is 57.8 Å². The van der Waals surface area contributed by atoms with E-state index in [1.54, 1.807) is 24.3 Å². The lowest BCUT2D eigenvalue weighted by atomic mass is 9.98. The van der Waals surface area contributed by atoms with Crippen molar-refractivity contribution in [2.75, 3.05) is 0 Å². The lowest BCUT2D eigenvalue weighted by Crippen LogP contribution is -2.20. The molecule has 0 heterocycles. The van der Waals surface area contributed by atoms with Crippen LogP contribution in [0.25, 0.3) is 0 Å². The third-order valence-electron chi connectivity index (χ3n) is 10.5. The summed E-state index contributed by atoms with van der Waals surface area (Å²) in [5.74, 6) is 2.36. The molecule has 0 atom stereocenters. The molecule has 0 N–H and O–H groups in total. The zero-order chi connectivity index (χ0) is 35.1. The molecule has 4 aromatic rings. The molecular formula is C43H52O6S2. The van der Waals surface area contributed by atoms with Crippen LogP contribution < -0.4 is 14.2 Å². The van der Waals surface area contributed by atoms with Crippen molar-refractivity contribution in [2.24, 2.45) is 0 Å². The maximum Gasteiger partial charge on any atom is 0.307 e. The minimum absolute atomic E-state index is 0.122. The second kappa shape index (κ2) is 16.5. The van der Waals surface area contributed by atoms with Gasteiger partial charge in [-0.25, -0.2) is 3.63 Å². The molecule has 3 aliphatic carbocycles. The van der Waals surface area contributed by atoms with E-state index in [-0.39, 0.29) is 23.2 Å². The normalized spacial score (nSPS) is 18.6. The van der Waals surface area contributed by atoms with Crippen molar-refractivity contribution in [3.8, 4) is 17.2 Å². The molecule has 8 heteroatoms. The molecule has 3 fully saturated rings. The van der Waals surface area contributed by atoms with Crippen LogP contribution in [0.2, 0.25) is 0 Å². The minimum atomic E-state index is -4.23. The molecule has 3 aliphatic rings. The number of aryl methyl sites for hydroxylation is 1. The molecule has 0 aromatic heterocycles. The predicted octanol–water partition coefficient (Wildman–Crippen LogP) is 11.7. The first-order chi connectivity index (χ1) is 24.9. The van der Waals surface area contributed by atoms with Crippen LogP contribution >= 0.6 is 10.3 Å². The lowest BCUT2D eigenvalue weighted by molar-refractivity contribution is 0.155. The van der Waals surface area contributed by atoms with Gasteiger partial charge in [0, 0.05) is 14.7 Å². The third-order valence-corrected chi connectivity index (χ3v) is 15.7. The minimum Gasteiger partial charge on any atom is -0.490 e. The highest BCUT2D eigenvalue weighted by molar-refractivity contribution is 8.33. The number of hydrogen-bond acceptors (Lipinski definition) is 6. The summed E-state index contributed by atoms with van der Waals surface area (Å²) in [6.07, 6.45) is 17.8. The molecule has 0 amide bonds. The molecule has 272 valence electrons. The van der Waals surface area contributed by atoms with Gasteiger partial charge >= 0.3 is 10.1 Å². The van der Waals surface area contributed by atoms with Crippen molar-refractivity contribution < 1.29 is 26.3 Å². The standard InChI is InChI=1S/C43H52O6S2/c1-33-17-25-43(26-18-33)51(44,45)49-50(40-27-19-37(20-28-40)46-34-11-5-2-6-12-34,41-29-21-38(22-30-41)47-35-13-7-3-8-14-35)42-31-23-39(24-32-42)48-36-15-9-4-10-16-36/h17-32,34-36H,2-16H2,1H3. The summed E-state index contributed by atoms with van der Waals surface area (Å²) in [5.41, 5.74) is 0.975. The highest BCUT2D eigenvalue weighted by Gasteiger charge is 2.39. The van der Waals surface area contributed by atoms with E-state index >= 15 is 0 Å². The fraction of sp³-hybridized carbons (Fsp3) is 0.442. The molecule has 0 unspecified atom stereocenters. The smallest absolute Gasteiger partial charge is 0.307 e. The van der Waals surface area contributed by atoms with Crippen LogP contribution in [0.5, 0.6) is 17.2 Å². The quantitative estimate of drug-likeness (QED) is 0.145. The number of rotatable bonds is 12. The van der Waals surface area contributed by atoms with Gasteiger partial charge < -0.3 is 14.2 Å². The maximum atomic E-state index is 14.4. The lowest BCUT2D eigenvalue weighted by Gasteiger charge is -2.39. The number of benzene rings is 4. The summed E-state index contributed by atoms with van der Waals surface area (Å²) in [6.45, 7) is 1.94. The first kappa shape index (κ1) is 35.9. The van der Waals surface area contributed by atoms with Crippen LogP contribution in [0, 0.1) is 6.92 Å². The molecule has 3 saturated carbocycles. The van der Waals surface area contributed by atoms with Crippen LogP contribution in [-0.2, 0) is 13.7 Å². The van der Waals surface area contributed by atoms with Crippen LogP contribution in [0.1, 0.15) is 102 Å². The Morgan fingerprint density at radius 1 is 0.412 bits per heavy atom. The molecule has 0 bridgehead atoms. The Morgan fingerprint density at radius 3 is 1.02 bits per heavy atom. The summed E-state index contributed by atoms with van der Waals surface area (Å²) >= 11 is 0. The van der Waals surface area contributed by atoms with Crippen LogP contribution in [0.4, 0.5) is 0 Å². The van der Waals surface area contributed by atoms with Crippen molar-refractivity contribution in [1.29, 1.82) is 0 Å². The van der Waals surface area contributed by atoms with Gasteiger partial charge in [-0.1, -0.05) is 37.0 Å². The molecule has 7 rings (SSSR count). The number of ether oxygens (including phenoxy) is 3. The van der Waals surface area contributed by atoms with Gasteiger partial charge in [-0.05, 0) is 179 Å². The Balaban J connectivity index is 1.31. The second-order valence-corrected chi connectivity index (χ2v) is 18.9. The van der Waals surface area contributed by atoms with E-state index < -0.39 is 20.4 Å². The van der Waals surface area contributed by atoms with E-state index in [1.807, 2.05) is 79.7 Å². The fourth-order valence-electron chi connectivity index (χ4n) is 7.66. The summed E-state index contributed by atoms with van der Waals surface area (Å²) in [6, 6.07) is 30.6. The average molecular weight is 729 g/mol. The Kier molecular flexibility index (Phi) is 11.6. The summed E-state index contributed by atoms with van der Waals surface area (Å²) < 4.78 is 54.7. The SMILES string of the molecule is Cc1ccc(S(=O)(=O)OS(c2ccc(OC3CCCCC3)cc2)(c2ccc(OC3CCCCC3)cc2)c2ccc(OC3CCCCC3)cc2)cc1. The topological polar surface area (TPSA) is 71.1 Å². The van der Waals surface area contributed by atoms with Crippen molar-refractivity contribution in [1.82, 2.24) is 0 Å². The molecule has 4 aromatic carbocycles. The Morgan fingerprint density at radius 2 is 0.706 bits per heavy atom. The Hall–Kier alpha value is -3.46. The Labute approximate surface area is 306 Å². The van der Waals surface area contributed by atoms with Crippen molar-refractivity contribution in [3.05, 3.63) is 103 Å². The zero-order valence-corrected chi connectivity index (χ0v) is 31.5. The molecule has 6 nitrogen and oxygen atoms in total. The molecule has 0 radical (unpaired) electrons. The Bertz CT molecular complexity index is 1630. The maximum absolute atomic E-state index is 14.4. The van der Waals surface area contributed by atoms with Gasteiger partial charge in [0.2, 0.25) is 0 Å². The third kappa shape index (κ3) is 8.78. The van der Waals surface area contributed by atoms with E-state index in [0.29, 0.717) is 0 Å². The van der Waals surface area contributed by atoms with Crippen LogP contribution in [0.3, 0.4) is 0 Å². The van der Waals surface area contributed by atoms with E-state index in [2.05, 4.69) is 0 Å². The van der Waals surface area contributed by atoms with Gasteiger partial charge in [0.05, 0.1) is 23.2 Å². The highest BCUT2D eigenvalue weighted by Crippen LogP contribution is 2.70. The van der Waals surface area contributed by atoms with Crippen molar-refractivity contribution in [3.63, 3.8) is 0 Å². The first-order valence-electron chi connectivity index (χ1n) is 19.0. The van der Waals surface area contributed by atoms with Gasteiger partial charge in [0.25, 0.3) is 0 Å².